The van der Waals surface area contributed by atoms with Crippen LogP contribution in [0.3, 0.4) is 0 Å². The topological polar surface area (TPSA) is 38.3 Å². The van der Waals surface area contributed by atoms with Gasteiger partial charge in [-0.3, -0.25) is 4.79 Å². The highest BCUT2D eigenvalue weighted by Gasteiger charge is 2.12. The van der Waals surface area contributed by atoms with Gasteiger partial charge in [-0.05, 0) is 35.4 Å². The van der Waals surface area contributed by atoms with Gasteiger partial charge in [0.25, 0.3) is 0 Å². The molecule has 1 N–H and O–H groups in total. The lowest BCUT2D eigenvalue weighted by Gasteiger charge is -2.14. The number of ether oxygens (including phenoxy) is 1. The van der Waals surface area contributed by atoms with Gasteiger partial charge in [0.1, 0.15) is 18.2 Å². The van der Waals surface area contributed by atoms with Crippen LogP contribution in [0.25, 0.3) is 11.1 Å². The maximum Gasteiger partial charge on any atom is 0.239 e. The standard InChI is InChI=1S/C21H17Cl2NO2/c22-13-20(25)24-19-11-5-10-18(23)21(19)16-8-4-9-17(12-16)26-14-15-6-2-1-3-7-15/h1-12H,13-14H2,(H,24,25). The Morgan fingerprint density at radius 3 is 2.50 bits per heavy atom. The first kappa shape index (κ1) is 18.3. The molecule has 5 heteroatoms. The second-order valence-electron chi connectivity index (χ2n) is 5.65. The minimum atomic E-state index is -0.285. The number of hydrogen-bond donors (Lipinski definition) is 1. The van der Waals surface area contributed by atoms with Crippen molar-refractivity contribution in [2.75, 3.05) is 11.2 Å². The van der Waals surface area contributed by atoms with E-state index in [1.165, 1.54) is 0 Å². The second kappa shape index (κ2) is 8.75. The van der Waals surface area contributed by atoms with Gasteiger partial charge in [-0.1, -0.05) is 60.1 Å². The Hall–Kier alpha value is -2.49. The van der Waals surface area contributed by atoms with Crippen molar-refractivity contribution in [1.29, 1.82) is 0 Å². The summed E-state index contributed by atoms with van der Waals surface area (Å²) >= 11 is 12.0. The summed E-state index contributed by atoms with van der Waals surface area (Å²) in [7, 11) is 0. The number of nitrogens with one attached hydrogen (secondary N) is 1. The zero-order chi connectivity index (χ0) is 18.4. The van der Waals surface area contributed by atoms with Gasteiger partial charge in [0.15, 0.2) is 0 Å². The molecule has 0 aromatic heterocycles. The van der Waals surface area contributed by atoms with Gasteiger partial charge < -0.3 is 10.1 Å². The van der Waals surface area contributed by atoms with Gasteiger partial charge in [0, 0.05) is 5.56 Å². The molecule has 0 saturated heterocycles. The number of carbonyl (C=O) groups excluding carboxylic acids is 1. The third kappa shape index (κ3) is 4.57. The fourth-order valence-corrected chi connectivity index (χ4v) is 2.94. The molecule has 0 aliphatic carbocycles. The van der Waals surface area contributed by atoms with E-state index in [0.29, 0.717) is 17.3 Å². The SMILES string of the molecule is O=C(CCl)Nc1cccc(Cl)c1-c1cccc(OCc2ccccc2)c1. The third-order valence-corrected chi connectivity index (χ3v) is 4.34. The molecular formula is C21H17Cl2NO2. The van der Waals surface area contributed by atoms with E-state index in [0.717, 1.165) is 22.4 Å². The molecule has 0 spiro atoms. The average molecular weight is 386 g/mol. The highest BCUT2D eigenvalue weighted by molar-refractivity contribution is 6.34. The zero-order valence-electron chi connectivity index (χ0n) is 13.9. The van der Waals surface area contributed by atoms with E-state index in [-0.39, 0.29) is 11.8 Å². The Bertz CT molecular complexity index is 898. The van der Waals surface area contributed by atoms with Crippen LogP contribution in [-0.4, -0.2) is 11.8 Å². The summed E-state index contributed by atoms with van der Waals surface area (Å²) in [5, 5.41) is 3.32. The lowest BCUT2D eigenvalue weighted by molar-refractivity contribution is -0.113. The number of rotatable bonds is 6. The fourth-order valence-electron chi connectivity index (χ4n) is 2.59. The van der Waals surface area contributed by atoms with Crippen LogP contribution in [0.4, 0.5) is 5.69 Å². The van der Waals surface area contributed by atoms with E-state index >= 15 is 0 Å². The predicted octanol–water partition coefficient (Wildman–Crippen LogP) is 5.76. The van der Waals surface area contributed by atoms with Crippen molar-refractivity contribution in [2.45, 2.75) is 6.61 Å². The molecule has 132 valence electrons. The maximum absolute atomic E-state index is 11.7. The van der Waals surface area contributed by atoms with E-state index < -0.39 is 0 Å². The normalized spacial score (nSPS) is 10.4. The van der Waals surface area contributed by atoms with Crippen LogP contribution in [0, 0.1) is 0 Å². The van der Waals surface area contributed by atoms with Crippen LogP contribution >= 0.6 is 23.2 Å². The average Bonchev–Trinajstić information content (AvgIpc) is 2.67. The van der Waals surface area contributed by atoms with Crippen LogP contribution in [0.1, 0.15) is 5.56 Å². The molecule has 0 heterocycles. The molecule has 0 fully saturated rings. The summed E-state index contributed by atoms with van der Waals surface area (Å²) < 4.78 is 5.88. The smallest absolute Gasteiger partial charge is 0.239 e. The molecule has 3 rings (SSSR count). The van der Waals surface area contributed by atoms with Crippen LogP contribution in [-0.2, 0) is 11.4 Å². The molecule has 3 aromatic rings. The summed E-state index contributed by atoms with van der Waals surface area (Å²) in [5.41, 5.74) is 3.29. The Labute approximate surface area is 162 Å². The molecule has 0 aliphatic rings. The molecular weight excluding hydrogens is 369 g/mol. The van der Waals surface area contributed by atoms with Crippen molar-refractivity contribution in [1.82, 2.24) is 0 Å². The highest BCUT2D eigenvalue weighted by Crippen LogP contribution is 2.36. The molecule has 26 heavy (non-hydrogen) atoms. The summed E-state index contributed by atoms with van der Waals surface area (Å²) in [6.07, 6.45) is 0. The van der Waals surface area contributed by atoms with E-state index in [1.54, 1.807) is 18.2 Å². The first-order chi connectivity index (χ1) is 12.7. The second-order valence-corrected chi connectivity index (χ2v) is 6.32. The lowest BCUT2D eigenvalue weighted by Crippen LogP contribution is -2.13. The molecule has 3 aromatic carbocycles. The van der Waals surface area contributed by atoms with E-state index in [9.17, 15) is 4.79 Å². The molecule has 3 nitrogen and oxygen atoms in total. The van der Waals surface area contributed by atoms with E-state index in [4.69, 9.17) is 27.9 Å². The summed E-state index contributed by atoms with van der Waals surface area (Å²) in [5.74, 6) is 0.319. The number of benzene rings is 3. The Balaban J connectivity index is 1.87. The molecule has 0 aliphatic heterocycles. The van der Waals surface area contributed by atoms with Crippen molar-refractivity contribution in [2.24, 2.45) is 0 Å². The molecule has 0 bridgehead atoms. The quantitative estimate of drug-likeness (QED) is 0.547. The number of amides is 1. The minimum Gasteiger partial charge on any atom is -0.489 e. The fraction of sp³-hybridized carbons (Fsp3) is 0.0952. The number of halogens is 2. The first-order valence-corrected chi connectivity index (χ1v) is 9.00. The number of carbonyl (C=O) groups is 1. The van der Waals surface area contributed by atoms with Crippen LogP contribution < -0.4 is 10.1 Å². The molecule has 0 saturated carbocycles. The molecule has 1 amide bonds. The number of alkyl halides is 1. The van der Waals surface area contributed by atoms with E-state index in [2.05, 4.69) is 5.32 Å². The van der Waals surface area contributed by atoms with Gasteiger partial charge in [0.05, 0.1) is 10.7 Å². The van der Waals surface area contributed by atoms with Crippen molar-refractivity contribution in [3.8, 4) is 16.9 Å². The largest absolute Gasteiger partial charge is 0.489 e. The first-order valence-electron chi connectivity index (χ1n) is 8.09. The zero-order valence-corrected chi connectivity index (χ0v) is 15.4. The van der Waals surface area contributed by atoms with Crippen LogP contribution in [0.15, 0.2) is 72.8 Å². The van der Waals surface area contributed by atoms with Gasteiger partial charge >= 0.3 is 0 Å². The third-order valence-electron chi connectivity index (χ3n) is 3.78. The van der Waals surface area contributed by atoms with Crippen LogP contribution in [0.5, 0.6) is 5.75 Å². The summed E-state index contributed by atoms with van der Waals surface area (Å²) in [6.45, 7) is 0.475. The van der Waals surface area contributed by atoms with Crippen molar-refractivity contribution >= 4 is 34.8 Å². The lowest BCUT2D eigenvalue weighted by atomic mass is 10.0. The van der Waals surface area contributed by atoms with Gasteiger partial charge in [0.2, 0.25) is 5.91 Å². The molecule has 0 unspecified atom stereocenters. The van der Waals surface area contributed by atoms with Crippen molar-refractivity contribution in [3.63, 3.8) is 0 Å². The Kier molecular flexibility index (Phi) is 6.16. The van der Waals surface area contributed by atoms with Gasteiger partial charge in [-0.2, -0.15) is 0 Å². The van der Waals surface area contributed by atoms with E-state index in [1.807, 2.05) is 54.6 Å². The van der Waals surface area contributed by atoms with Crippen LogP contribution in [0.2, 0.25) is 5.02 Å². The van der Waals surface area contributed by atoms with Gasteiger partial charge in [-0.25, -0.2) is 0 Å². The van der Waals surface area contributed by atoms with Crippen molar-refractivity contribution in [3.05, 3.63) is 83.4 Å². The highest BCUT2D eigenvalue weighted by atomic mass is 35.5. The molecule has 0 radical (unpaired) electrons. The Morgan fingerprint density at radius 1 is 0.962 bits per heavy atom. The van der Waals surface area contributed by atoms with Crippen molar-refractivity contribution < 1.29 is 9.53 Å². The summed E-state index contributed by atoms with van der Waals surface area (Å²) in [6, 6.07) is 22.9. The number of anilines is 1. The monoisotopic (exact) mass is 385 g/mol. The minimum absolute atomic E-state index is 0.119. The predicted molar refractivity (Wildman–Crippen MR) is 107 cm³/mol. The Morgan fingerprint density at radius 2 is 1.73 bits per heavy atom. The maximum atomic E-state index is 11.7. The van der Waals surface area contributed by atoms with Gasteiger partial charge in [-0.15, -0.1) is 11.6 Å². The summed E-state index contributed by atoms with van der Waals surface area (Å²) in [4.78, 5) is 11.7. The molecule has 0 atom stereocenters. The number of hydrogen-bond acceptors (Lipinski definition) is 2.